The van der Waals surface area contributed by atoms with E-state index in [0.717, 1.165) is 36.5 Å². The van der Waals surface area contributed by atoms with Crippen molar-refractivity contribution in [2.45, 2.75) is 56.4 Å². The zero-order valence-electron chi connectivity index (χ0n) is 18.7. The Balaban J connectivity index is 1.61. The van der Waals surface area contributed by atoms with Gasteiger partial charge in [0.15, 0.2) is 0 Å². The lowest BCUT2D eigenvalue weighted by atomic mass is 9.77. The molecule has 5 heteroatoms. The van der Waals surface area contributed by atoms with Gasteiger partial charge in [0.05, 0.1) is 5.41 Å². The Morgan fingerprint density at radius 3 is 2.18 bits per heavy atom. The maximum absolute atomic E-state index is 14.0. The lowest BCUT2D eigenvalue weighted by molar-refractivity contribution is -0.127. The van der Waals surface area contributed by atoms with Crippen molar-refractivity contribution in [3.8, 4) is 0 Å². The summed E-state index contributed by atoms with van der Waals surface area (Å²) < 4.78 is 28.0. The lowest BCUT2D eigenvalue weighted by Gasteiger charge is -2.33. The minimum atomic E-state index is -0.904. The van der Waals surface area contributed by atoms with Gasteiger partial charge in [0.25, 0.3) is 0 Å². The Labute approximate surface area is 199 Å². The molecule has 1 saturated carbocycles. The van der Waals surface area contributed by atoms with Gasteiger partial charge < -0.3 is 5.32 Å². The van der Waals surface area contributed by atoms with Crippen LogP contribution in [-0.4, -0.2) is 11.9 Å². The summed E-state index contributed by atoms with van der Waals surface area (Å²) in [6.07, 6.45) is 3.60. The van der Waals surface area contributed by atoms with Crippen molar-refractivity contribution < 1.29 is 13.6 Å². The Bertz CT molecular complexity index is 1070. The molecule has 0 saturated heterocycles. The molecule has 1 aliphatic rings. The minimum absolute atomic E-state index is 0.0269. The molecule has 1 amide bonds. The molecule has 2 nitrogen and oxygen atoms in total. The number of nitrogens with one attached hydrogen (secondary N) is 1. The Morgan fingerprint density at radius 2 is 1.58 bits per heavy atom. The van der Waals surface area contributed by atoms with Crippen LogP contribution in [0.15, 0.2) is 72.8 Å². The summed E-state index contributed by atoms with van der Waals surface area (Å²) in [7, 11) is 0. The van der Waals surface area contributed by atoms with E-state index in [0.29, 0.717) is 23.4 Å². The van der Waals surface area contributed by atoms with Crippen LogP contribution in [0.2, 0.25) is 5.02 Å². The molecule has 1 N–H and O–H groups in total. The second-order valence-corrected chi connectivity index (χ2v) is 9.49. The van der Waals surface area contributed by atoms with Crippen molar-refractivity contribution in [1.82, 2.24) is 5.32 Å². The normalized spacial score (nSPS) is 16.8. The Morgan fingerprint density at radius 1 is 0.970 bits per heavy atom. The van der Waals surface area contributed by atoms with Crippen molar-refractivity contribution in [3.63, 3.8) is 0 Å². The van der Waals surface area contributed by atoms with Gasteiger partial charge in [-0.15, -0.1) is 0 Å². The summed E-state index contributed by atoms with van der Waals surface area (Å²) in [5.74, 6) is -1.43. The summed E-state index contributed by atoms with van der Waals surface area (Å²) >= 11 is 6.05. The highest BCUT2D eigenvalue weighted by molar-refractivity contribution is 6.30. The average Bonchev–Trinajstić information content (AvgIpc) is 3.30. The van der Waals surface area contributed by atoms with E-state index >= 15 is 0 Å². The van der Waals surface area contributed by atoms with Gasteiger partial charge >= 0.3 is 0 Å². The van der Waals surface area contributed by atoms with Crippen LogP contribution in [-0.2, 0) is 16.6 Å². The first-order chi connectivity index (χ1) is 15.9. The van der Waals surface area contributed by atoms with Gasteiger partial charge in [0.2, 0.25) is 5.91 Å². The van der Waals surface area contributed by atoms with Gasteiger partial charge in [0, 0.05) is 23.0 Å². The number of hydrogen-bond acceptors (Lipinski definition) is 1. The van der Waals surface area contributed by atoms with Crippen LogP contribution in [0.3, 0.4) is 0 Å². The molecule has 0 radical (unpaired) electrons. The van der Waals surface area contributed by atoms with Crippen LogP contribution in [0.4, 0.5) is 8.78 Å². The second-order valence-electron chi connectivity index (χ2n) is 9.06. The number of hydrogen-bond donors (Lipinski definition) is 1. The van der Waals surface area contributed by atoms with Crippen LogP contribution in [0.1, 0.15) is 55.2 Å². The van der Waals surface area contributed by atoms with Crippen LogP contribution in [0, 0.1) is 11.6 Å². The van der Waals surface area contributed by atoms with Gasteiger partial charge in [-0.1, -0.05) is 66.9 Å². The maximum atomic E-state index is 14.0. The molecule has 3 aromatic rings. The number of halogens is 3. The van der Waals surface area contributed by atoms with E-state index in [1.165, 1.54) is 12.1 Å². The summed E-state index contributed by atoms with van der Waals surface area (Å²) in [5.41, 5.74) is 1.77. The van der Waals surface area contributed by atoms with E-state index in [9.17, 15) is 13.6 Å². The fourth-order valence-corrected chi connectivity index (χ4v) is 5.18. The average molecular weight is 468 g/mol. The summed E-state index contributed by atoms with van der Waals surface area (Å²) in [6, 6.07) is 21.1. The number of carbonyl (C=O) groups is 1. The van der Waals surface area contributed by atoms with Crippen LogP contribution in [0.25, 0.3) is 0 Å². The van der Waals surface area contributed by atoms with E-state index in [1.807, 2.05) is 49.4 Å². The number of rotatable bonds is 7. The third-order valence-electron chi connectivity index (χ3n) is 6.87. The SMILES string of the molecule is CC(NC(=O)C1(c2cc(F)cc(F)c2)CCCC1)C(Cc1ccc(Cl)cc1)c1ccccc1. The molecule has 2 atom stereocenters. The molecule has 33 heavy (non-hydrogen) atoms. The molecule has 1 fully saturated rings. The smallest absolute Gasteiger partial charge is 0.230 e. The largest absolute Gasteiger partial charge is 0.352 e. The highest BCUT2D eigenvalue weighted by Crippen LogP contribution is 2.42. The molecule has 0 spiro atoms. The molecule has 0 heterocycles. The van der Waals surface area contributed by atoms with E-state index < -0.39 is 17.0 Å². The topological polar surface area (TPSA) is 29.1 Å². The molecule has 3 aromatic carbocycles. The lowest BCUT2D eigenvalue weighted by Crippen LogP contribution is -2.48. The van der Waals surface area contributed by atoms with Crippen molar-refractivity contribution in [1.29, 1.82) is 0 Å². The molecule has 172 valence electrons. The zero-order valence-corrected chi connectivity index (χ0v) is 19.4. The summed E-state index contributed by atoms with van der Waals surface area (Å²) in [5, 5.41) is 3.90. The van der Waals surface area contributed by atoms with Gasteiger partial charge in [-0.25, -0.2) is 8.78 Å². The Hall–Kier alpha value is -2.72. The van der Waals surface area contributed by atoms with E-state index in [-0.39, 0.29) is 17.9 Å². The predicted octanol–water partition coefficient (Wildman–Crippen LogP) is 6.96. The zero-order chi connectivity index (χ0) is 23.4. The Kier molecular flexibility index (Phi) is 7.14. The first-order valence-corrected chi connectivity index (χ1v) is 11.8. The predicted molar refractivity (Wildman–Crippen MR) is 128 cm³/mol. The maximum Gasteiger partial charge on any atom is 0.230 e. The van der Waals surface area contributed by atoms with Crippen molar-refractivity contribution in [2.24, 2.45) is 0 Å². The molecule has 1 aliphatic carbocycles. The highest BCUT2D eigenvalue weighted by Gasteiger charge is 2.44. The second kappa shape index (κ2) is 10.0. The number of carbonyl (C=O) groups excluding carboxylic acids is 1. The molecule has 0 aliphatic heterocycles. The third-order valence-corrected chi connectivity index (χ3v) is 7.12. The molecular weight excluding hydrogens is 440 g/mol. The van der Waals surface area contributed by atoms with Crippen molar-refractivity contribution in [3.05, 3.63) is 106 Å². The van der Waals surface area contributed by atoms with Crippen LogP contribution >= 0.6 is 11.6 Å². The minimum Gasteiger partial charge on any atom is -0.352 e. The van der Waals surface area contributed by atoms with Gasteiger partial charge in [0.1, 0.15) is 11.6 Å². The summed E-state index contributed by atoms with van der Waals surface area (Å²) in [6.45, 7) is 2.00. The molecule has 4 rings (SSSR count). The molecular formula is C28H28ClF2NO. The fraction of sp³-hybridized carbons (Fsp3) is 0.321. The quantitative estimate of drug-likeness (QED) is 0.399. The van der Waals surface area contributed by atoms with E-state index in [4.69, 9.17) is 11.6 Å². The standard InChI is InChI=1S/C28H28ClF2NO/c1-19(26(21-7-3-2-4-8-21)15-20-9-11-23(29)12-10-20)32-27(33)28(13-5-6-14-28)22-16-24(30)18-25(31)17-22/h2-4,7-12,16-19,26H,5-6,13-15H2,1H3,(H,32,33). The van der Waals surface area contributed by atoms with Crippen molar-refractivity contribution in [2.75, 3.05) is 0 Å². The van der Waals surface area contributed by atoms with Crippen molar-refractivity contribution >= 4 is 17.5 Å². The van der Waals surface area contributed by atoms with Crippen LogP contribution < -0.4 is 5.32 Å². The first kappa shape index (κ1) is 23.4. The number of benzene rings is 3. The highest BCUT2D eigenvalue weighted by atomic mass is 35.5. The molecule has 2 unspecified atom stereocenters. The monoisotopic (exact) mass is 467 g/mol. The number of amides is 1. The molecule has 0 bridgehead atoms. The van der Waals surface area contributed by atoms with Gasteiger partial charge in [-0.3, -0.25) is 4.79 Å². The summed E-state index contributed by atoms with van der Waals surface area (Å²) in [4.78, 5) is 13.7. The van der Waals surface area contributed by atoms with Gasteiger partial charge in [-0.2, -0.15) is 0 Å². The van der Waals surface area contributed by atoms with Gasteiger partial charge in [-0.05, 0) is 67.1 Å². The molecule has 0 aromatic heterocycles. The fourth-order valence-electron chi connectivity index (χ4n) is 5.06. The first-order valence-electron chi connectivity index (χ1n) is 11.4. The van der Waals surface area contributed by atoms with E-state index in [2.05, 4.69) is 17.4 Å². The third kappa shape index (κ3) is 5.27. The van der Waals surface area contributed by atoms with E-state index in [1.54, 1.807) is 0 Å². The van der Waals surface area contributed by atoms with Crippen LogP contribution in [0.5, 0.6) is 0 Å².